The molecule has 1 amide bonds. The number of fused-ring (bicyclic) bond motifs is 1. The highest BCUT2D eigenvalue weighted by atomic mass is 32.2. The lowest BCUT2D eigenvalue weighted by Crippen LogP contribution is -2.46. The Labute approximate surface area is 245 Å². The van der Waals surface area contributed by atoms with Crippen molar-refractivity contribution in [1.82, 2.24) is 24.4 Å². The molecule has 0 radical (unpaired) electrons. The van der Waals surface area contributed by atoms with E-state index in [2.05, 4.69) is 10.3 Å². The summed E-state index contributed by atoms with van der Waals surface area (Å²) in [5, 5.41) is 4.19. The first kappa shape index (κ1) is 27.8. The first-order valence-electron chi connectivity index (χ1n) is 14.1. The predicted octanol–water partition coefficient (Wildman–Crippen LogP) is 5.04. The van der Waals surface area contributed by atoms with Gasteiger partial charge in [0.1, 0.15) is 16.5 Å². The van der Waals surface area contributed by atoms with Gasteiger partial charge in [0.25, 0.3) is 5.56 Å². The third-order valence-corrected chi connectivity index (χ3v) is 10.3. The van der Waals surface area contributed by atoms with Gasteiger partial charge in [0.2, 0.25) is 5.91 Å². The zero-order valence-corrected chi connectivity index (χ0v) is 24.5. The van der Waals surface area contributed by atoms with Crippen molar-refractivity contribution in [1.29, 1.82) is 0 Å². The Hall–Kier alpha value is -3.31. The summed E-state index contributed by atoms with van der Waals surface area (Å²) >= 11 is 3.43. The Balaban J connectivity index is 1.17. The third kappa shape index (κ3) is 5.74. The molecule has 4 heterocycles. The van der Waals surface area contributed by atoms with Crippen LogP contribution in [0, 0.1) is 12.7 Å². The molecular formula is C30H32FN5O3S2. The van der Waals surface area contributed by atoms with Crippen LogP contribution in [0.25, 0.3) is 21.6 Å². The molecule has 1 saturated carbocycles. The monoisotopic (exact) mass is 593 g/mol. The molecular weight excluding hydrogens is 561 g/mol. The first-order chi connectivity index (χ1) is 19.9. The number of hydrogen-bond acceptors (Lipinski definition) is 7. The maximum atomic E-state index is 14.2. The SMILES string of the molecule is Cc1sc(-c2ccccc2)nc1CC(=O)N[C@H]1CC[C@@H](n2c(=O)c3cc(F)cnc3n(C3CCSCC3)c2=O)CC1. The van der Waals surface area contributed by atoms with Crippen LogP contribution in [-0.2, 0) is 11.2 Å². The van der Waals surface area contributed by atoms with E-state index in [1.165, 1.54) is 10.6 Å². The molecule has 4 aromatic rings. The number of thioether (sulfide) groups is 1. The van der Waals surface area contributed by atoms with Crippen LogP contribution in [0.2, 0.25) is 0 Å². The van der Waals surface area contributed by atoms with Crippen LogP contribution in [0.3, 0.4) is 0 Å². The minimum Gasteiger partial charge on any atom is -0.353 e. The number of nitrogens with zero attached hydrogens (tertiary/aromatic N) is 4. The molecule has 6 rings (SSSR count). The number of hydrogen-bond donors (Lipinski definition) is 1. The molecule has 8 nitrogen and oxygen atoms in total. The molecule has 0 bridgehead atoms. The molecule has 2 aliphatic rings. The summed E-state index contributed by atoms with van der Waals surface area (Å²) in [6.45, 7) is 1.99. The van der Waals surface area contributed by atoms with Crippen molar-refractivity contribution in [2.45, 2.75) is 70.0 Å². The number of nitrogens with one attached hydrogen (secondary N) is 1. The number of rotatable bonds is 6. The molecule has 3 aromatic heterocycles. The Kier molecular flexibility index (Phi) is 8.07. The summed E-state index contributed by atoms with van der Waals surface area (Å²) in [6, 6.07) is 10.7. The van der Waals surface area contributed by atoms with E-state index >= 15 is 0 Å². The lowest BCUT2D eigenvalue weighted by molar-refractivity contribution is -0.121. The van der Waals surface area contributed by atoms with Crippen LogP contribution in [0.5, 0.6) is 0 Å². The number of carbonyl (C=O) groups excluding carboxylic acids is 1. The second-order valence-electron chi connectivity index (χ2n) is 10.8. The van der Waals surface area contributed by atoms with Crippen molar-refractivity contribution in [2.75, 3.05) is 11.5 Å². The van der Waals surface area contributed by atoms with Gasteiger partial charge in [-0.1, -0.05) is 30.3 Å². The number of carbonyl (C=O) groups is 1. The topological polar surface area (TPSA) is 98.9 Å². The van der Waals surface area contributed by atoms with Crippen molar-refractivity contribution in [2.24, 2.45) is 0 Å². The van der Waals surface area contributed by atoms with Crippen LogP contribution in [0.4, 0.5) is 4.39 Å². The molecule has 0 spiro atoms. The van der Waals surface area contributed by atoms with Gasteiger partial charge in [0.15, 0.2) is 0 Å². The van der Waals surface area contributed by atoms with Crippen LogP contribution in [-0.4, -0.2) is 42.6 Å². The van der Waals surface area contributed by atoms with Gasteiger partial charge in [-0.25, -0.2) is 19.2 Å². The van der Waals surface area contributed by atoms with Crippen molar-refractivity contribution < 1.29 is 9.18 Å². The van der Waals surface area contributed by atoms with E-state index in [9.17, 15) is 18.8 Å². The normalized spacial score (nSPS) is 19.9. The lowest BCUT2D eigenvalue weighted by atomic mass is 9.90. The number of benzene rings is 1. The number of pyridine rings is 1. The minimum absolute atomic E-state index is 0.0425. The summed E-state index contributed by atoms with van der Waals surface area (Å²) in [5.74, 6) is 1.18. The molecule has 11 heteroatoms. The fourth-order valence-corrected chi connectivity index (χ4v) is 8.02. The molecule has 0 atom stereocenters. The number of halogens is 1. The Morgan fingerprint density at radius 1 is 1.02 bits per heavy atom. The highest BCUT2D eigenvalue weighted by molar-refractivity contribution is 7.99. The molecule has 1 aliphatic carbocycles. The summed E-state index contributed by atoms with van der Waals surface area (Å²) < 4.78 is 17.1. The van der Waals surface area contributed by atoms with Gasteiger partial charge in [0, 0.05) is 28.6 Å². The summed E-state index contributed by atoms with van der Waals surface area (Å²) in [6.07, 6.45) is 5.33. The van der Waals surface area contributed by atoms with Gasteiger partial charge in [-0.2, -0.15) is 11.8 Å². The van der Waals surface area contributed by atoms with Crippen LogP contribution in [0.1, 0.15) is 61.2 Å². The predicted molar refractivity (Wildman–Crippen MR) is 161 cm³/mol. The Bertz CT molecular complexity index is 1690. The van der Waals surface area contributed by atoms with Crippen LogP contribution < -0.4 is 16.6 Å². The second kappa shape index (κ2) is 11.9. The molecule has 1 saturated heterocycles. The molecule has 41 heavy (non-hydrogen) atoms. The highest BCUT2D eigenvalue weighted by Crippen LogP contribution is 2.31. The third-order valence-electron chi connectivity index (χ3n) is 8.15. The van der Waals surface area contributed by atoms with Crippen molar-refractivity contribution in [3.8, 4) is 10.6 Å². The van der Waals surface area contributed by atoms with Crippen molar-refractivity contribution >= 4 is 40.0 Å². The van der Waals surface area contributed by atoms with E-state index in [0.29, 0.717) is 25.7 Å². The van der Waals surface area contributed by atoms with Gasteiger partial charge >= 0.3 is 5.69 Å². The number of amides is 1. The minimum atomic E-state index is -0.594. The van der Waals surface area contributed by atoms with E-state index in [0.717, 1.165) is 51.7 Å². The van der Waals surface area contributed by atoms with E-state index in [1.54, 1.807) is 15.9 Å². The summed E-state index contributed by atoms with van der Waals surface area (Å²) in [5.41, 5.74) is 1.24. The van der Waals surface area contributed by atoms with E-state index in [1.807, 2.05) is 49.0 Å². The molecule has 0 unspecified atom stereocenters. The summed E-state index contributed by atoms with van der Waals surface area (Å²) in [7, 11) is 0. The van der Waals surface area contributed by atoms with E-state index in [4.69, 9.17) is 4.98 Å². The highest BCUT2D eigenvalue weighted by Gasteiger charge is 2.30. The molecule has 1 aromatic carbocycles. The van der Waals surface area contributed by atoms with Crippen LogP contribution in [0.15, 0.2) is 52.2 Å². The molecule has 1 N–H and O–H groups in total. The number of aryl methyl sites for hydroxylation is 1. The second-order valence-corrected chi connectivity index (χ2v) is 13.3. The zero-order chi connectivity index (χ0) is 28.5. The fourth-order valence-electron chi connectivity index (χ4n) is 6.00. The maximum absolute atomic E-state index is 14.2. The maximum Gasteiger partial charge on any atom is 0.333 e. The average Bonchev–Trinajstić information content (AvgIpc) is 3.35. The van der Waals surface area contributed by atoms with E-state index in [-0.39, 0.29) is 47.2 Å². The van der Waals surface area contributed by atoms with Crippen molar-refractivity contribution in [3.05, 3.63) is 79.8 Å². The van der Waals surface area contributed by atoms with Gasteiger partial charge in [0.05, 0.1) is 23.7 Å². The Morgan fingerprint density at radius 2 is 1.73 bits per heavy atom. The number of aromatic nitrogens is 4. The quantitative estimate of drug-likeness (QED) is 0.336. The van der Waals surface area contributed by atoms with Crippen molar-refractivity contribution in [3.63, 3.8) is 0 Å². The van der Waals surface area contributed by atoms with E-state index < -0.39 is 11.4 Å². The van der Waals surface area contributed by atoms with Gasteiger partial charge in [-0.05, 0) is 63.0 Å². The fraction of sp³-hybridized carbons (Fsp3) is 0.433. The molecule has 214 valence electrons. The summed E-state index contributed by atoms with van der Waals surface area (Å²) in [4.78, 5) is 50.2. The van der Waals surface area contributed by atoms with Crippen LogP contribution >= 0.6 is 23.1 Å². The van der Waals surface area contributed by atoms with Gasteiger partial charge < -0.3 is 5.32 Å². The largest absolute Gasteiger partial charge is 0.353 e. The average molecular weight is 594 g/mol. The lowest BCUT2D eigenvalue weighted by Gasteiger charge is -2.31. The Morgan fingerprint density at radius 3 is 2.46 bits per heavy atom. The zero-order valence-electron chi connectivity index (χ0n) is 22.8. The molecule has 2 fully saturated rings. The standard InChI is InChI=1S/C30H32FN5O3S2/c1-18-25(34-28(41-18)19-5-3-2-4-6-19)16-26(37)33-21-7-9-22(10-8-21)36-29(38)24-15-20(31)17-32-27(24)35(30(36)39)23-11-13-40-14-12-23/h2-6,15,17,21-23H,7-14,16H2,1H3,(H,33,37)/t21-,22+. The molecule has 1 aliphatic heterocycles. The number of thiazole rings is 1. The van der Waals surface area contributed by atoms with Gasteiger partial charge in [-0.3, -0.25) is 18.7 Å². The smallest absolute Gasteiger partial charge is 0.333 e. The van der Waals surface area contributed by atoms with Gasteiger partial charge in [-0.15, -0.1) is 11.3 Å². The first-order valence-corrected chi connectivity index (χ1v) is 16.1.